The second-order valence-electron chi connectivity index (χ2n) is 7.03. The molecule has 0 aliphatic carbocycles. The Morgan fingerprint density at radius 2 is 1.71 bits per heavy atom. The number of rotatable bonds is 11. The molecule has 0 radical (unpaired) electrons. The summed E-state index contributed by atoms with van der Waals surface area (Å²) < 4.78 is 1.68. The second kappa shape index (κ2) is 12.9. The highest BCUT2D eigenvalue weighted by atomic mass is 79.9. The molecule has 0 saturated carbocycles. The van der Waals surface area contributed by atoms with Crippen molar-refractivity contribution >= 4 is 60.5 Å². The van der Waals surface area contributed by atoms with Crippen LogP contribution in [-0.4, -0.2) is 42.4 Å². The number of azo groups is 1. The van der Waals surface area contributed by atoms with E-state index < -0.39 is 0 Å². The van der Waals surface area contributed by atoms with Gasteiger partial charge in [0.25, 0.3) is 0 Å². The first-order chi connectivity index (χ1) is 14.9. The molecule has 31 heavy (non-hydrogen) atoms. The minimum Gasteiger partial charge on any atom is -0.395 e. The number of halogens is 2. The summed E-state index contributed by atoms with van der Waals surface area (Å²) in [7, 11) is 0. The van der Waals surface area contributed by atoms with E-state index in [9.17, 15) is 15.0 Å². The number of aryl methyl sites for hydroxylation is 1. The number of nitrogens with zero attached hydrogens (tertiary/aromatic N) is 3. The number of aliphatic hydroxyl groups excluding tert-OH is 2. The lowest BCUT2D eigenvalue weighted by molar-refractivity contribution is -0.114. The smallest absolute Gasteiger partial charge is 0.221 e. The molecule has 2 aromatic carbocycles. The molecule has 2 rings (SSSR count). The van der Waals surface area contributed by atoms with E-state index in [0.717, 1.165) is 33.9 Å². The quantitative estimate of drug-likeness (QED) is 0.309. The van der Waals surface area contributed by atoms with Crippen molar-refractivity contribution < 1.29 is 15.0 Å². The summed E-state index contributed by atoms with van der Waals surface area (Å²) >= 11 is 7.16. The summed E-state index contributed by atoms with van der Waals surface area (Å²) in [6.45, 7) is 4.23. The summed E-state index contributed by atoms with van der Waals surface area (Å²) in [5, 5.41) is 30.1. The normalized spacial score (nSPS) is 11.2. The number of amides is 1. The monoisotopic (exact) mass is 554 g/mol. The Morgan fingerprint density at radius 1 is 1.06 bits per heavy atom. The number of nitrogens with one attached hydrogen (secondary N) is 1. The van der Waals surface area contributed by atoms with Crippen LogP contribution in [0.15, 0.2) is 49.5 Å². The number of unbranched alkanes of at least 4 members (excludes halogenated alkanes) is 1. The molecule has 0 unspecified atom stereocenters. The molecule has 0 atom stereocenters. The van der Waals surface area contributed by atoms with Crippen molar-refractivity contribution in [3.63, 3.8) is 0 Å². The summed E-state index contributed by atoms with van der Waals surface area (Å²) in [6.07, 6.45) is 3.25. The standard InChI is InChI=1S/C22H28Br2N4O3/c1-3-4-5-16-12-18(23)22(19(24)13-16)27-26-20-7-6-17(14-21(20)25-15(2)31)28(8-10-29)9-11-30/h6-7,12-14,29-30H,3-5,8-11H2,1-2H3,(H,25,31). The molecule has 0 bridgehead atoms. The predicted molar refractivity (Wildman–Crippen MR) is 132 cm³/mol. The van der Waals surface area contributed by atoms with Crippen molar-refractivity contribution in [2.45, 2.75) is 33.1 Å². The molecule has 1 amide bonds. The van der Waals surface area contributed by atoms with Crippen LogP contribution < -0.4 is 10.2 Å². The minimum atomic E-state index is -0.230. The van der Waals surface area contributed by atoms with E-state index in [0.29, 0.717) is 30.2 Å². The highest BCUT2D eigenvalue weighted by Crippen LogP contribution is 2.38. The average molecular weight is 556 g/mol. The number of carbonyl (C=O) groups is 1. The third-order valence-corrected chi connectivity index (χ3v) is 5.76. The first kappa shape index (κ1) is 25.5. The Balaban J connectivity index is 2.37. The van der Waals surface area contributed by atoms with Crippen LogP contribution in [-0.2, 0) is 11.2 Å². The first-order valence-electron chi connectivity index (χ1n) is 10.2. The zero-order chi connectivity index (χ0) is 22.8. The fourth-order valence-corrected chi connectivity index (χ4v) is 4.49. The molecule has 3 N–H and O–H groups in total. The number of hydrogen-bond donors (Lipinski definition) is 3. The van der Waals surface area contributed by atoms with Crippen molar-refractivity contribution in [3.8, 4) is 0 Å². The Hall–Kier alpha value is -1.81. The molecular weight excluding hydrogens is 528 g/mol. The number of carbonyl (C=O) groups excluding carboxylic acids is 1. The fourth-order valence-electron chi connectivity index (χ4n) is 3.05. The van der Waals surface area contributed by atoms with Gasteiger partial charge in [-0.3, -0.25) is 4.79 Å². The molecule has 0 aliphatic heterocycles. The zero-order valence-electron chi connectivity index (χ0n) is 17.7. The third-order valence-electron chi connectivity index (χ3n) is 4.55. The van der Waals surface area contributed by atoms with Gasteiger partial charge in [-0.05, 0) is 80.6 Å². The predicted octanol–water partition coefficient (Wildman–Crippen LogP) is 5.72. The number of aliphatic hydroxyl groups is 2. The SMILES string of the molecule is CCCCc1cc(Br)c(N=Nc2ccc(N(CCO)CCO)cc2NC(C)=O)c(Br)c1. The van der Waals surface area contributed by atoms with Crippen LogP contribution in [0, 0.1) is 0 Å². The number of benzene rings is 2. The largest absolute Gasteiger partial charge is 0.395 e. The molecule has 0 aliphatic rings. The van der Waals surface area contributed by atoms with Crippen molar-refractivity contribution in [1.82, 2.24) is 0 Å². The van der Waals surface area contributed by atoms with Gasteiger partial charge in [-0.1, -0.05) is 13.3 Å². The summed E-state index contributed by atoms with van der Waals surface area (Å²) in [5.74, 6) is -0.230. The average Bonchev–Trinajstić information content (AvgIpc) is 2.72. The zero-order valence-corrected chi connectivity index (χ0v) is 20.9. The third kappa shape index (κ3) is 7.68. The lowest BCUT2D eigenvalue weighted by atomic mass is 10.1. The summed E-state index contributed by atoms with van der Waals surface area (Å²) in [5.41, 5.74) is 3.65. The van der Waals surface area contributed by atoms with Crippen LogP contribution >= 0.6 is 31.9 Å². The fraction of sp³-hybridized carbons (Fsp3) is 0.409. The molecule has 0 spiro atoms. The van der Waals surface area contributed by atoms with Gasteiger partial charge in [0.05, 0.1) is 18.9 Å². The van der Waals surface area contributed by atoms with E-state index in [4.69, 9.17) is 0 Å². The molecule has 168 valence electrons. The minimum absolute atomic E-state index is 0.0484. The van der Waals surface area contributed by atoms with Crippen LogP contribution in [0.2, 0.25) is 0 Å². The molecule has 0 saturated heterocycles. The first-order valence-corrected chi connectivity index (χ1v) is 11.8. The van der Waals surface area contributed by atoms with E-state index in [2.05, 4.69) is 54.3 Å². The molecule has 9 heteroatoms. The van der Waals surface area contributed by atoms with Gasteiger partial charge < -0.3 is 20.4 Å². The van der Waals surface area contributed by atoms with Crippen LogP contribution in [0.25, 0.3) is 0 Å². The van der Waals surface area contributed by atoms with E-state index in [1.807, 2.05) is 23.1 Å². The maximum Gasteiger partial charge on any atom is 0.221 e. The van der Waals surface area contributed by atoms with Crippen molar-refractivity contribution in [3.05, 3.63) is 44.8 Å². The van der Waals surface area contributed by atoms with Gasteiger partial charge >= 0.3 is 0 Å². The van der Waals surface area contributed by atoms with Gasteiger partial charge in [0.1, 0.15) is 11.4 Å². The van der Waals surface area contributed by atoms with E-state index in [1.54, 1.807) is 12.1 Å². The van der Waals surface area contributed by atoms with Crippen molar-refractivity contribution in [2.24, 2.45) is 10.2 Å². The van der Waals surface area contributed by atoms with Gasteiger partial charge in [-0.2, -0.15) is 0 Å². The maximum absolute atomic E-state index is 11.7. The Kier molecular flexibility index (Phi) is 10.6. The molecule has 7 nitrogen and oxygen atoms in total. The van der Waals surface area contributed by atoms with Gasteiger partial charge in [0.15, 0.2) is 0 Å². The summed E-state index contributed by atoms with van der Waals surface area (Å²) in [6, 6.07) is 9.44. The number of anilines is 2. The maximum atomic E-state index is 11.7. The number of hydrogen-bond acceptors (Lipinski definition) is 6. The van der Waals surface area contributed by atoms with Gasteiger partial charge in [0, 0.05) is 34.6 Å². The van der Waals surface area contributed by atoms with Gasteiger partial charge in [-0.25, -0.2) is 0 Å². The highest BCUT2D eigenvalue weighted by Gasteiger charge is 2.12. The second-order valence-corrected chi connectivity index (χ2v) is 8.74. The van der Waals surface area contributed by atoms with Gasteiger partial charge in [0.2, 0.25) is 5.91 Å². The summed E-state index contributed by atoms with van der Waals surface area (Å²) in [4.78, 5) is 13.5. The molecule has 2 aromatic rings. The van der Waals surface area contributed by atoms with Crippen molar-refractivity contribution in [1.29, 1.82) is 0 Å². The van der Waals surface area contributed by atoms with Crippen LogP contribution in [0.1, 0.15) is 32.3 Å². The van der Waals surface area contributed by atoms with E-state index in [-0.39, 0.29) is 19.1 Å². The Bertz CT molecular complexity index is 893. The Morgan fingerprint density at radius 3 is 2.26 bits per heavy atom. The van der Waals surface area contributed by atoms with E-state index in [1.165, 1.54) is 12.5 Å². The molecule has 0 aromatic heterocycles. The molecule has 0 heterocycles. The topological polar surface area (TPSA) is 97.5 Å². The van der Waals surface area contributed by atoms with E-state index >= 15 is 0 Å². The van der Waals surface area contributed by atoms with Crippen LogP contribution in [0.4, 0.5) is 22.7 Å². The van der Waals surface area contributed by atoms with Crippen LogP contribution in [0.3, 0.4) is 0 Å². The van der Waals surface area contributed by atoms with Crippen LogP contribution in [0.5, 0.6) is 0 Å². The highest BCUT2D eigenvalue weighted by molar-refractivity contribution is 9.11. The lowest BCUT2D eigenvalue weighted by Gasteiger charge is -2.23. The molecule has 0 fully saturated rings. The molecular formula is C22H28Br2N4O3. The Labute approximate surface area is 199 Å². The van der Waals surface area contributed by atoms with Gasteiger partial charge in [-0.15, -0.1) is 10.2 Å². The van der Waals surface area contributed by atoms with Crippen molar-refractivity contribution in [2.75, 3.05) is 36.5 Å². The lowest BCUT2D eigenvalue weighted by Crippen LogP contribution is -2.29.